The molecule has 2 heterocycles. The van der Waals surface area contributed by atoms with Crippen LogP contribution in [0.5, 0.6) is 5.75 Å². The number of benzene rings is 2. The van der Waals surface area contributed by atoms with Crippen molar-refractivity contribution < 1.29 is 18.7 Å². The molecule has 1 N–H and O–H groups in total. The maximum Gasteiger partial charge on any atom is 0.317 e. The number of rotatable bonds is 2. The van der Waals surface area contributed by atoms with Gasteiger partial charge < -0.3 is 19.7 Å². The molecule has 0 radical (unpaired) electrons. The van der Waals surface area contributed by atoms with E-state index < -0.39 is 5.79 Å². The van der Waals surface area contributed by atoms with Gasteiger partial charge in [0.15, 0.2) is 0 Å². The molecule has 1 fully saturated rings. The molecule has 0 bridgehead atoms. The Morgan fingerprint density at radius 3 is 2.67 bits per heavy atom. The van der Waals surface area contributed by atoms with Gasteiger partial charge in [-0.15, -0.1) is 0 Å². The second kappa shape index (κ2) is 7.48. The van der Waals surface area contributed by atoms with Crippen LogP contribution < -0.4 is 10.1 Å². The van der Waals surface area contributed by atoms with Gasteiger partial charge in [-0.2, -0.15) is 0 Å². The fourth-order valence-corrected chi connectivity index (χ4v) is 3.80. The minimum absolute atomic E-state index is 0.130. The zero-order valence-corrected chi connectivity index (χ0v) is 16.3. The molecule has 0 saturated carbocycles. The molecule has 2 aromatic rings. The Labute approximate surface area is 165 Å². The van der Waals surface area contributed by atoms with Gasteiger partial charge in [-0.1, -0.05) is 28.1 Å². The Morgan fingerprint density at radius 2 is 1.93 bits per heavy atom. The van der Waals surface area contributed by atoms with Crippen LogP contribution in [-0.4, -0.2) is 29.8 Å². The number of halogens is 2. The first-order valence-corrected chi connectivity index (χ1v) is 9.71. The van der Waals surface area contributed by atoms with Crippen molar-refractivity contribution in [1.29, 1.82) is 0 Å². The van der Waals surface area contributed by atoms with E-state index in [0.29, 0.717) is 39.1 Å². The first kappa shape index (κ1) is 18.3. The van der Waals surface area contributed by atoms with Crippen molar-refractivity contribution in [3.05, 3.63) is 63.9 Å². The van der Waals surface area contributed by atoms with Crippen LogP contribution in [-0.2, 0) is 17.9 Å². The number of carbonyl (C=O) groups is 1. The number of hydrogen-bond donors (Lipinski definition) is 1. The zero-order chi connectivity index (χ0) is 18.9. The standard InChI is InChI=1S/C20H20BrFN2O3/c21-16-3-6-18-15(11-16)13-26-20(27-18)7-9-24(10-8-20)19(25)23-12-14-1-4-17(22)5-2-14/h1-6,11H,7-10,12-13H2,(H,23,25). The molecular formula is C20H20BrFN2O3. The lowest BCUT2D eigenvalue weighted by Gasteiger charge is -2.43. The van der Waals surface area contributed by atoms with Crippen molar-refractivity contribution in [1.82, 2.24) is 10.2 Å². The summed E-state index contributed by atoms with van der Waals surface area (Å²) in [5.74, 6) is -0.0966. The number of ether oxygens (including phenoxy) is 2. The maximum atomic E-state index is 12.9. The Kier molecular flexibility index (Phi) is 5.06. The van der Waals surface area contributed by atoms with E-state index in [1.54, 1.807) is 17.0 Å². The van der Waals surface area contributed by atoms with Crippen LogP contribution in [0.1, 0.15) is 24.0 Å². The molecule has 2 aliphatic heterocycles. The summed E-state index contributed by atoms with van der Waals surface area (Å²) in [6.45, 7) is 1.99. The van der Waals surface area contributed by atoms with Gasteiger partial charge >= 0.3 is 6.03 Å². The third-order valence-electron chi connectivity index (χ3n) is 4.98. The van der Waals surface area contributed by atoms with Gasteiger partial charge in [0.2, 0.25) is 5.79 Å². The van der Waals surface area contributed by atoms with Crippen LogP contribution in [0.4, 0.5) is 9.18 Å². The molecule has 0 atom stereocenters. The summed E-state index contributed by atoms with van der Waals surface area (Å²) in [6.07, 6.45) is 1.24. The summed E-state index contributed by atoms with van der Waals surface area (Å²) in [5.41, 5.74) is 1.88. The highest BCUT2D eigenvalue weighted by Gasteiger charge is 2.41. The Balaban J connectivity index is 1.31. The van der Waals surface area contributed by atoms with E-state index in [1.165, 1.54) is 12.1 Å². The van der Waals surface area contributed by atoms with E-state index in [4.69, 9.17) is 9.47 Å². The number of likely N-dealkylation sites (tertiary alicyclic amines) is 1. The molecule has 1 spiro atoms. The van der Waals surface area contributed by atoms with Crippen LogP contribution in [0, 0.1) is 5.82 Å². The molecule has 0 unspecified atom stereocenters. The fraction of sp³-hybridized carbons (Fsp3) is 0.350. The molecule has 2 aliphatic rings. The van der Waals surface area contributed by atoms with Crippen molar-refractivity contribution in [3.63, 3.8) is 0 Å². The van der Waals surface area contributed by atoms with Crippen molar-refractivity contribution in [2.24, 2.45) is 0 Å². The molecule has 27 heavy (non-hydrogen) atoms. The number of nitrogens with zero attached hydrogens (tertiary/aromatic N) is 1. The lowest BCUT2D eigenvalue weighted by Crippen LogP contribution is -2.54. The molecule has 2 amide bonds. The highest BCUT2D eigenvalue weighted by atomic mass is 79.9. The molecule has 5 nitrogen and oxygen atoms in total. The molecule has 4 rings (SSSR count). The average molecular weight is 435 g/mol. The minimum atomic E-state index is -0.658. The lowest BCUT2D eigenvalue weighted by molar-refractivity contribution is -0.225. The van der Waals surface area contributed by atoms with Gasteiger partial charge in [0, 0.05) is 42.5 Å². The third-order valence-corrected chi connectivity index (χ3v) is 5.47. The van der Waals surface area contributed by atoms with Crippen molar-refractivity contribution in [2.45, 2.75) is 31.8 Å². The van der Waals surface area contributed by atoms with Crippen molar-refractivity contribution in [3.8, 4) is 5.75 Å². The molecular weight excluding hydrogens is 415 g/mol. The number of fused-ring (bicyclic) bond motifs is 1. The SMILES string of the molecule is O=C(NCc1ccc(F)cc1)N1CCC2(CC1)OCc1cc(Br)ccc1O2. The van der Waals surface area contributed by atoms with E-state index in [-0.39, 0.29) is 11.8 Å². The van der Waals surface area contributed by atoms with Crippen molar-refractivity contribution in [2.75, 3.05) is 13.1 Å². The highest BCUT2D eigenvalue weighted by Crippen LogP contribution is 2.38. The van der Waals surface area contributed by atoms with Gasteiger partial charge in [-0.25, -0.2) is 9.18 Å². The smallest absolute Gasteiger partial charge is 0.317 e. The normalized spacial score (nSPS) is 17.9. The van der Waals surface area contributed by atoms with Gasteiger partial charge in [0.05, 0.1) is 6.61 Å². The molecule has 0 aromatic heterocycles. The monoisotopic (exact) mass is 434 g/mol. The Morgan fingerprint density at radius 1 is 1.19 bits per heavy atom. The summed E-state index contributed by atoms with van der Waals surface area (Å²) in [6, 6.07) is 11.9. The second-order valence-corrected chi connectivity index (χ2v) is 7.74. The Hall–Kier alpha value is -2.12. The van der Waals surface area contributed by atoms with E-state index in [2.05, 4.69) is 21.2 Å². The number of piperidine rings is 1. The summed E-state index contributed by atoms with van der Waals surface area (Å²) in [7, 11) is 0. The van der Waals surface area contributed by atoms with E-state index >= 15 is 0 Å². The number of carbonyl (C=O) groups excluding carboxylic acids is 1. The quantitative estimate of drug-likeness (QED) is 0.770. The van der Waals surface area contributed by atoms with Crippen LogP contribution in [0.2, 0.25) is 0 Å². The third kappa shape index (κ3) is 4.09. The van der Waals surface area contributed by atoms with Crippen LogP contribution in [0.25, 0.3) is 0 Å². The predicted octanol–water partition coefficient (Wildman–Crippen LogP) is 4.20. The summed E-state index contributed by atoms with van der Waals surface area (Å²) < 4.78 is 26.1. The molecule has 142 valence electrons. The van der Waals surface area contributed by atoms with Gasteiger partial charge in [-0.3, -0.25) is 0 Å². The molecule has 7 heteroatoms. The van der Waals surface area contributed by atoms with Crippen LogP contribution >= 0.6 is 15.9 Å². The minimum Gasteiger partial charge on any atom is -0.462 e. The first-order chi connectivity index (χ1) is 13.0. The second-order valence-electron chi connectivity index (χ2n) is 6.83. The number of amides is 2. The van der Waals surface area contributed by atoms with E-state index in [9.17, 15) is 9.18 Å². The van der Waals surface area contributed by atoms with Crippen LogP contribution in [0.15, 0.2) is 46.9 Å². The largest absolute Gasteiger partial charge is 0.462 e. The van der Waals surface area contributed by atoms with Gasteiger partial charge in [-0.05, 0) is 35.9 Å². The lowest BCUT2D eigenvalue weighted by atomic mass is 10.0. The van der Waals surface area contributed by atoms with Crippen LogP contribution in [0.3, 0.4) is 0 Å². The summed E-state index contributed by atoms with van der Waals surface area (Å²) in [4.78, 5) is 14.2. The van der Waals surface area contributed by atoms with E-state index in [0.717, 1.165) is 21.3 Å². The van der Waals surface area contributed by atoms with Crippen molar-refractivity contribution >= 4 is 22.0 Å². The average Bonchev–Trinajstić information content (AvgIpc) is 2.68. The number of hydrogen-bond acceptors (Lipinski definition) is 3. The van der Waals surface area contributed by atoms with Gasteiger partial charge in [0.1, 0.15) is 11.6 Å². The maximum absolute atomic E-state index is 12.9. The zero-order valence-electron chi connectivity index (χ0n) is 14.7. The molecule has 0 aliphatic carbocycles. The highest BCUT2D eigenvalue weighted by molar-refractivity contribution is 9.10. The molecule has 2 aromatic carbocycles. The predicted molar refractivity (Wildman–Crippen MR) is 102 cm³/mol. The van der Waals surface area contributed by atoms with E-state index in [1.807, 2.05) is 18.2 Å². The first-order valence-electron chi connectivity index (χ1n) is 8.92. The number of nitrogens with one attached hydrogen (secondary N) is 1. The summed E-state index contributed by atoms with van der Waals surface area (Å²) >= 11 is 3.46. The fourth-order valence-electron chi connectivity index (χ4n) is 3.39. The summed E-state index contributed by atoms with van der Waals surface area (Å²) in [5, 5.41) is 2.88. The Bertz CT molecular complexity index is 836. The molecule has 1 saturated heterocycles. The van der Waals surface area contributed by atoms with Gasteiger partial charge in [0.25, 0.3) is 0 Å². The number of urea groups is 1. The topological polar surface area (TPSA) is 50.8 Å².